The van der Waals surface area contributed by atoms with E-state index in [-0.39, 0.29) is 16.7 Å². The van der Waals surface area contributed by atoms with Crippen LogP contribution in [0.3, 0.4) is 0 Å². The number of rotatable bonds is 8. The Morgan fingerprint density at radius 1 is 1.00 bits per heavy atom. The number of aryl methyl sites for hydroxylation is 1. The van der Waals surface area contributed by atoms with E-state index >= 15 is 0 Å². The molecule has 32 heavy (non-hydrogen) atoms. The van der Waals surface area contributed by atoms with Gasteiger partial charge in [-0.2, -0.15) is 0 Å². The van der Waals surface area contributed by atoms with E-state index in [0.717, 1.165) is 48.3 Å². The van der Waals surface area contributed by atoms with Gasteiger partial charge in [0.1, 0.15) is 11.5 Å². The van der Waals surface area contributed by atoms with Crippen molar-refractivity contribution in [1.29, 1.82) is 0 Å². The molecule has 4 heteroatoms. The summed E-state index contributed by atoms with van der Waals surface area (Å²) < 4.78 is 11.8. The molecule has 3 rings (SSSR count). The van der Waals surface area contributed by atoms with Crippen molar-refractivity contribution in [2.45, 2.75) is 70.6 Å². The second-order valence-electron chi connectivity index (χ2n) is 10.1. The molecular weight excluding hydrogens is 398 g/mol. The summed E-state index contributed by atoms with van der Waals surface area (Å²) in [4.78, 5) is 10.9. The maximum atomic E-state index is 10.9. The number of primary amides is 1. The average Bonchev–Trinajstić information content (AvgIpc) is 2.75. The van der Waals surface area contributed by atoms with Crippen molar-refractivity contribution in [2.24, 2.45) is 5.73 Å². The smallest absolute Gasteiger partial charge is 0.217 e. The van der Waals surface area contributed by atoms with E-state index in [1.54, 1.807) is 14.2 Å². The Morgan fingerprint density at radius 3 is 2.25 bits per heavy atom. The quantitative estimate of drug-likeness (QED) is 0.515. The van der Waals surface area contributed by atoms with Crippen LogP contribution in [0.2, 0.25) is 0 Å². The van der Waals surface area contributed by atoms with E-state index < -0.39 is 0 Å². The molecular formula is C28H37NO3. The number of amides is 1. The molecule has 0 bridgehead atoms. The lowest BCUT2D eigenvalue weighted by Crippen LogP contribution is -2.34. The molecule has 0 saturated carbocycles. The van der Waals surface area contributed by atoms with Crippen LogP contribution in [0.4, 0.5) is 0 Å². The SMILES string of the molecule is COc1cc2c(c(OC)c1/C=C/c1ccc(CCCC(N)=O)cc1)C(C)(C)CCC2(C)C. The third kappa shape index (κ3) is 5.01. The maximum absolute atomic E-state index is 10.9. The monoisotopic (exact) mass is 435 g/mol. The van der Waals surface area contributed by atoms with Crippen LogP contribution in [0, 0.1) is 0 Å². The lowest BCUT2D eigenvalue weighted by Gasteiger charge is -2.43. The van der Waals surface area contributed by atoms with Gasteiger partial charge < -0.3 is 15.2 Å². The molecule has 0 spiro atoms. The molecule has 0 atom stereocenters. The van der Waals surface area contributed by atoms with Crippen molar-refractivity contribution in [3.63, 3.8) is 0 Å². The Balaban J connectivity index is 1.96. The highest BCUT2D eigenvalue weighted by Gasteiger charge is 2.40. The highest BCUT2D eigenvalue weighted by Crippen LogP contribution is 2.52. The predicted octanol–water partition coefficient (Wildman–Crippen LogP) is 6.03. The lowest BCUT2D eigenvalue weighted by molar-refractivity contribution is -0.118. The van der Waals surface area contributed by atoms with Crippen molar-refractivity contribution < 1.29 is 14.3 Å². The molecule has 1 amide bonds. The average molecular weight is 436 g/mol. The molecule has 0 heterocycles. The van der Waals surface area contributed by atoms with E-state index in [1.807, 2.05) is 0 Å². The van der Waals surface area contributed by atoms with Gasteiger partial charge in [0.15, 0.2) is 0 Å². The highest BCUT2D eigenvalue weighted by atomic mass is 16.5. The summed E-state index contributed by atoms with van der Waals surface area (Å²) in [5.41, 5.74) is 11.2. The summed E-state index contributed by atoms with van der Waals surface area (Å²) in [7, 11) is 3.48. The van der Waals surface area contributed by atoms with Crippen LogP contribution >= 0.6 is 0 Å². The molecule has 0 fully saturated rings. The van der Waals surface area contributed by atoms with Gasteiger partial charge in [0.2, 0.25) is 5.91 Å². The first-order valence-corrected chi connectivity index (χ1v) is 11.4. The minimum Gasteiger partial charge on any atom is -0.496 e. The molecule has 2 N–H and O–H groups in total. The van der Waals surface area contributed by atoms with Gasteiger partial charge in [0.25, 0.3) is 0 Å². The van der Waals surface area contributed by atoms with Gasteiger partial charge in [-0.15, -0.1) is 0 Å². The first-order valence-electron chi connectivity index (χ1n) is 11.4. The van der Waals surface area contributed by atoms with E-state index in [0.29, 0.717) is 6.42 Å². The lowest BCUT2D eigenvalue weighted by atomic mass is 9.62. The van der Waals surface area contributed by atoms with Crippen LogP contribution in [0.5, 0.6) is 11.5 Å². The third-order valence-corrected chi connectivity index (χ3v) is 6.80. The van der Waals surface area contributed by atoms with Crippen LogP contribution in [-0.4, -0.2) is 20.1 Å². The molecule has 0 aromatic heterocycles. The number of hydrogen-bond donors (Lipinski definition) is 1. The van der Waals surface area contributed by atoms with Crippen molar-refractivity contribution in [1.82, 2.24) is 0 Å². The second-order valence-corrected chi connectivity index (χ2v) is 10.1. The zero-order chi connectivity index (χ0) is 23.5. The predicted molar refractivity (Wildman–Crippen MR) is 132 cm³/mol. The summed E-state index contributed by atoms with van der Waals surface area (Å²) >= 11 is 0. The van der Waals surface area contributed by atoms with Crippen molar-refractivity contribution in [3.05, 3.63) is 58.1 Å². The van der Waals surface area contributed by atoms with Gasteiger partial charge >= 0.3 is 0 Å². The van der Waals surface area contributed by atoms with E-state index in [4.69, 9.17) is 15.2 Å². The fraction of sp³-hybridized carbons (Fsp3) is 0.464. The molecule has 4 nitrogen and oxygen atoms in total. The van der Waals surface area contributed by atoms with Gasteiger partial charge in [-0.1, -0.05) is 58.0 Å². The number of carbonyl (C=O) groups excluding carboxylic acids is 1. The van der Waals surface area contributed by atoms with Gasteiger partial charge in [-0.05, 0) is 65.3 Å². The molecule has 1 aliphatic rings. The summed E-state index contributed by atoms with van der Waals surface area (Å²) in [5, 5.41) is 0. The van der Waals surface area contributed by atoms with E-state index in [2.05, 4.69) is 70.2 Å². The molecule has 0 radical (unpaired) electrons. The van der Waals surface area contributed by atoms with Gasteiger partial charge in [-0.25, -0.2) is 0 Å². The molecule has 0 saturated heterocycles. The number of benzene rings is 2. The first kappa shape index (κ1) is 23.9. The summed E-state index contributed by atoms with van der Waals surface area (Å²) in [5.74, 6) is 1.51. The van der Waals surface area contributed by atoms with Gasteiger partial charge in [0, 0.05) is 12.0 Å². The number of nitrogens with two attached hydrogens (primary N) is 1. The van der Waals surface area contributed by atoms with Crippen molar-refractivity contribution >= 4 is 18.1 Å². The summed E-state index contributed by atoms with van der Waals surface area (Å²) in [6.07, 6.45) is 8.51. The number of methoxy groups -OCH3 is 2. The molecule has 0 unspecified atom stereocenters. The minimum absolute atomic E-state index is 0.0393. The second kappa shape index (κ2) is 9.40. The Labute approximate surface area is 192 Å². The number of carbonyl (C=O) groups is 1. The Hall–Kier alpha value is -2.75. The zero-order valence-electron chi connectivity index (χ0n) is 20.4. The fourth-order valence-electron chi connectivity index (χ4n) is 4.72. The van der Waals surface area contributed by atoms with Crippen LogP contribution in [-0.2, 0) is 22.0 Å². The largest absolute Gasteiger partial charge is 0.496 e. The fourth-order valence-corrected chi connectivity index (χ4v) is 4.72. The molecule has 0 aliphatic heterocycles. The molecule has 2 aromatic rings. The van der Waals surface area contributed by atoms with Crippen LogP contribution < -0.4 is 15.2 Å². The molecule has 1 aliphatic carbocycles. The highest BCUT2D eigenvalue weighted by molar-refractivity contribution is 5.79. The summed E-state index contributed by atoms with van der Waals surface area (Å²) in [6, 6.07) is 10.6. The maximum Gasteiger partial charge on any atom is 0.217 e. The molecule has 172 valence electrons. The topological polar surface area (TPSA) is 61.6 Å². The van der Waals surface area contributed by atoms with Crippen LogP contribution in [0.15, 0.2) is 30.3 Å². The zero-order valence-corrected chi connectivity index (χ0v) is 20.4. The van der Waals surface area contributed by atoms with Crippen molar-refractivity contribution in [3.8, 4) is 11.5 Å². The number of hydrogen-bond acceptors (Lipinski definition) is 3. The Bertz CT molecular complexity index is 1000. The number of ether oxygens (including phenoxy) is 2. The van der Waals surface area contributed by atoms with Gasteiger partial charge in [-0.3, -0.25) is 4.79 Å². The summed E-state index contributed by atoms with van der Waals surface area (Å²) in [6.45, 7) is 9.22. The molecule has 2 aromatic carbocycles. The first-order chi connectivity index (χ1) is 15.1. The van der Waals surface area contributed by atoms with Crippen LogP contribution in [0.25, 0.3) is 12.2 Å². The normalized spacial score (nSPS) is 16.6. The minimum atomic E-state index is -0.246. The van der Waals surface area contributed by atoms with Crippen LogP contribution in [0.1, 0.15) is 81.2 Å². The standard InChI is InChI=1S/C28H37NO3/c1-27(2)16-17-28(3,4)25-22(27)18-23(31-5)21(26(25)32-6)15-14-20-12-10-19(11-13-20)8-7-9-24(29)30/h10-15,18H,7-9,16-17H2,1-6H3,(H2,29,30)/b15-14+. The third-order valence-electron chi connectivity index (χ3n) is 6.80. The van der Waals surface area contributed by atoms with Crippen molar-refractivity contribution in [2.75, 3.05) is 14.2 Å². The number of fused-ring (bicyclic) bond motifs is 1. The van der Waals surface area contributed by atoms with E-state index in [9.17, 15) is 4.79 Å². The van der Waals surface area contributed by atoms with Gasteiger partial charge in [0.05, 0.1) is 19.8 Å². The Morgan fingerprint density at radius 2 is 1.66 bits per heavy atom. The van der Waals surface area contributed by atoms with E-state index in [1.165, 1.54) is 16.7 Å². The Kier molecular flexibility index (Phi) is 7.02.